The van der Waals surface area contributed by atoms with Crippen LogP contribution in [0.1, 0.15) is 34.1 Å². The van der Waals surface area contributed by atoms with E-state index in [0.717, 1.165) is 29.8 Å². The third kappa shape index (κ3) is 5.36. The Hall–Kier alpha value is 0.127. The van der Waals surface area contributed by atoms with E-state index in [1.54, 1.807) is 0 Å². The summed E-state index contributed by atoms with van der Waals surface area (Å²) in [5.41, 5.74) is 0.775. The van der Waals surface area contributed by atoms with Gasteiger partial charge >= 0.3 is 0 Å². The van der Waals surface area contributed by atoms with Crippen LogP contribution in [0.3, 0.4) is 0 Å². The number of quaternary nitrogens is 1. The molecule has 0 saturated heterocycles. The highest BCUT2D eigenvalue weighted by Crippen LogP contribution is 2.34. The third-order valence-corrected chi connectivity index (χ3v) is 11.9. The number of hydrogen-bond donors (Lipinski definition) is 0. The van der Waals surface area contributed by atoms with E-state index < -0.39 is 8.07 Å². The predicted octanol–water partition coefficient (Wildman–Crippen LogP) is 2.19. The molecule has 0 aromatic heterocycles. The maximum atomic E-state index is 4.02. The molecule has 1 unspecified atom stereocenters. The molecule has 0 rings (SSSR count). The van der Waals surface area contributed by atoms with Gasteiger partial charge in [-0.25, -0.2) is 0 Å². The molecule has 0 N–H and O–H groups in total. The number of rotatable bonds is 12. The topological polar surface area (TPSA) is 0 Å². The maximum absolute atomic E-state index is 4.02. The molecule has 0 radical (unpaired) electrons. The van der Waals surface area contributed by atoms with Crippen molar-refractivity contribution in [2.24, 2.45) is 0 Å². The molecule has 0 aromatic carbocycles. The Morgan fingerprint density at radius 1 is 0.810 bits per heavy atom. The standard InChI is InChI=1S/C18H36NSi.HI/c1-8-15-19(16-9-2,17-10-3)18(11-4)20(12-5,13-6)14-7;/h8-10,18H,1-3,11-17H2,4-7H3;1H/q+1;/p-1. The Labute approximate surface area is 151 Å². The van der Waals surface area contributed by atoms with Crippen molar-refractivity contribution < 1.29 is 28.5 Å². The minimum Gasteiger partial charge on any atom is -1.00 e. The minimum atomic E-state index is -1.27. The van der Waals surface area contributed by atoms with Crippen molar-refractivity contribution in [3.8, 4) is 0 Å². The lowest BCUT2D eigenvalue weighted by atomic mass is 10.2. The lowest BCUT2D eigenvalue weighted by molar-refractivity contribution is -0.925. The van der Waals surface area contributed by atoms with Crippen molar-refractivity contribution in [3.05, 3.63) is 38.0 Å². The molecular weight excluding hydrogens is 385 g/mol. The van der Waals surface area contributed by atoms with E-state index >= 15 is 0 Å². The summed E-state index contributed by atoms with van der Waals surface area (Å²) in [5.74, 6) is 0. The second kappa shape index (κ2) is 11.7. The SMILES string of the molecule is C=CC[N+](CC=C)(CC=C)C(CC)[Si](CC)(CC)CC.[I-]. The second-order valence-corrected chi connectivity index (χ2v) is 11.5. The molecule has 0 heterocycles. The lowest BCUT2D eigenvalue weighted by Crippen LogP contribution is -3.00. The van der Waals surface area contributed by atoms with Crippen molar-refractivity contribution in [3.63, 3.8) is 0 Å². The first-order valence-electron chi connectivity index (χ1n) is 8.24. The molecule has 0 fully saturated rings. The van der Waals surface area contributed by atoms with Gasteiger partial charge in [-0.15, -0.1) is 0 Å². The van der Waals surface area contributed by atoms with Crippen LogP contribution in [0.15, 0.2) is 38.0 Å². The van der Waals surface area contributed by atoms with E-state index in [-0.39, 0.29) is 24.0 Å². The van der Waals surface area contributed by atoms with Crippen LogP contribution in [-0.4, -0.2) is 37.9 Å². The molecular formula is C18H36INSi. The lowest BCUT2D eigenvalue weighted by Gasteiger charge is -2.51. The summed E-state index contributed by atoms with van der Waals surface area (Å²) in [7, 11) is -1.27. The quantitative estimate of drug-likeness (QED) is 0.196. The fourth-order valence-electron chi connectivity index (χ4n) is 4.23. The Bertz CT molecular complexity index is 276. The molecule has 1 atom stereocenters. The van der Waals surface area contributed by atoms with Crippen molar-refractivity contribution >= 4 is 8.07 Å². The van der Waals surface area contributed by atoms with Gasteiger partial charge in [0, 0.05) is 0 Å². The highest BCUT2D eigenvalue weighted by Gasteiger charge is 2.47. The molecule has 3 heteroatoms. The van der Waals surface area contributed by atoms with Gasteiger partial charge in [-0.3, -0.25) is 0 Å². The largest absolute Gasteiger partial charge is 1.00 e. The van der Waals surface area contributed by atoms with Crippen LogP contribution in [0.5, 0.6) is 0 Å². The van der Waals surface area contributed by atoms with E-state index in [0.29, 0.717) is 0 Å². The van der Waals surface area contributed by atoms with Crippen molar-refractivity contribution in [1.29, 1.82) is 0 Å². The van der Waals surface area contributed by atoms with Crippen molar-refractivity contribution in [1.82, 2.24) is 0 Å². The van der Waals surface area contributed by atoms with Gasteiger partial charge in [-0.1, -0.05) is 65.6 Å². The van der Waals surface area contributed by atoms with E-state index in [9.17, 15) is 0 Å². The van der Waals surface area contributed by atoms with Crippen LogP contribution in [0.2, 0.25) is 18.1 Å². The maximum Gasteiger partial charge on any atom is 0.123 e. The molecule has 0 bridgehead atoms. The van der Waals surface area contributed by atoms with E-state index in [2.05, 4.69) is 65.7 Å². The molecule has 0 saturated carbocycles. The number of nitrogens with zero attached hydrogens (tertiary/aromatic N) is 1. The molecule has 0 aromatic rings. The highest BCUT2D eigenvalue weighted by molar-refractivity contribution is 6.80. The first-order valence-corrected chi connectivity index (χ1v) is 10.9. The van der Waals surface area contributed by atoms with E-state index in [1.807, 2.05) is 0 Å². The van der Waals surface area contributed by atoms with E-state index in [1.165, 1.54) is 24.6 Å². The van der Waals surface area contributed by atoms with Gasteiger partial charge in [0.2, 0.25) is 0 Å². The fourth-order valence-corrected chi connectivity index (χ4v) is 9.49. The molecule has 21 heavy (non-hydrogen) atoms. The zero-order chi connectivity index (χ0) is 15.6. The van der Waals surface area contributed by atoms with Crippen molar-refractivity contribution in [2.45, 2.75) is 57.9 Å². The first kappa shape index (κ1) is 23.4. The summed E-state index contributed by atoms with van der Waals surface area (Å²) in [6.07, 6.45) is 7.54. The smallest absolute Gasteiger partial charge is 0.123 e. The molecule has 0 amide bonds. The molecule has 0 aliphatic heterocycles. The Morgan fingerprint density at radius 2 is 1.14 bits per heavy atom. The highest BCUT2D eigenvalue weighted by atomic mass is 127. The van der Waals surface area contributed by atoms with Gasteiger partial charge in [0.15, 0.2) is 0 Å². The van der Waals surface area contributed by atoms with E-state index in [4.69, 9.17) is 0 Å². The zero-order valence-corrected chi connectivity index (χ0v) is 17.9. The first-order chi connectivity index (χ1) is 9.56. The van der Waals surface area contributed by atoms with Gasteiger partial charge in [0.25, 0.3) is 0 Å². The zero-order valence-electron chi connectivity index (χ0n) is 14.7. The monoisotopic (exact) mass is 421 g/mol. The normalized spacial score (nSPS) is 13.1. The van der Waals surface area contributed by atoms with Gasteiger partial charge < -0.3 is 28.5 Å². The van der Waals surface area contributed by atoms with Gasteiger partial charge in [-0.05, 0) is 24.6 Å². The van der Waals surface area contributed by atoms with Crippen LogP contribution < -0.4 is 24.0 Å². The average Bonchev–Trinajstić information content (AvgIpc) is 2.45. The summed E-state index contributed by atoms with van der Waals surface area (Å²) >= 11 is 0. The molecule has 124 valence electrons. The van der Waals surface area contributed by atoms with Gasteiger partial charge in [0.05, 0.1) is 25.3 Å². The molecule has 0 spiro atoms. The summed E-state index contributed by atoms with van der Waals surface area (Å²) in [4.78, 5) is 0. The Balaban J connectivity index is 0. The summed E-state index contributed by atoms with van der Waals surface area (Å²) in [5, 5.41) is 0. The van der Waals surface area contributed by atoms with Crippen LogP contribution in [0.4, 0.5) is 0 Å². The van der Waals surface area contributed by atoms with Crippen LogP contribution >= 0.6 is 0 Å². The summed E-state index contributed by atoms with van der Waals surface area (Å²) < 4.78 is 1.09. The Kier molecular flexibility index (Phi) is 13.0. The second-order valence-electron chi connectivity index (χ2n) is 5.98. The van der Waals surface area contributed by atoms with Crippen LogP contribution in [0, 0.1) is 0 Å². The Morgan fingerprint density at radius 3 is 1.33 bits per heavy atom. The summed E-state index contributed by atoms with van der Waals surface area (Å²) in [6, 6.07) is 4.14. The molecule has 1 nitrogen and oxygen atoms in total. The van der Waals surface area contributed by atoms with Gasteiger partial charge in [0.1, 0.15) is 8.07 Å². The average molecular weight is 421 g/mol. The third-order valence-electron chi connectivity index (χ3n) is 5.35. The summed E-state index contributed by atoms with van der Waals surface area (Å²) in [6.45, 7) is 24.7. The van der Waals surface area contributed by atoms with Crippen molar-refractivity contribution in [2.75, 3.05) is 19.6 Å². The molecule has 0 aliphatic carbocycles. The van der Waals surface area contributed by atoms with Crippen LogP contribution in [0.25, 0.3) is 0 Å². The predicted molar refractivity (Wildman–Crippen MR) is 96.7 cm³/mol. The van der Waals surface area contributed by atoms with Crippen LogP contribution in [-0.2, 0) is 0 Å². The molecule has 0 aliphatic rings. The number of halogens is 1. The fraction of sp³-hybridized carbons (Fsp3) is 0.667. The minimum absolute atomic E-state index is 0. The number of hydrogen-bond acceptors (Lipinski definition) is 0. The van der Waals surface area contributed by atoms with Gasteiger partial charge in [-0.2, -0.15) is 0 Å².